The molecule has 0 aliphatic rings. The van der Waals surface area contributed by atoms with E-state index in [1.165, 1.54) is 0 Å². The predicted octanol–water partition coefficient (Wildman–Crippen LogP) is 1.86. The van der Waals surface area contributed by atoms with Gasteiger partial charge in [0.2, 0.25) is 0 Å². The zero-order valence-electron chi connectivity index (χ0n) is 8.68. The van der Waals surface area contributed by atoms with Crippen LogP contribution in [0.2, 0.25) is 0 Å². The molecule has 0 aromatic rings. The van der Waals surface area contributed by atoms with Crippen molar-refractivity contribution in [3.63, 3.8) is 0 Å². The van der Waals surface area contributed by atoms with Crippen molar-refractivity contribution in [2.45, 2.75) is 52.2 Å². The smallest absolute Gasteiger partial charge is 0.0934 e. The maximum Gasteiger partial charge on any atom is 0.0934 e. The van der Waals surface area contributed by atoms with E-state index < -0.39 is 11.2 Å². The highest BCUT2D eigenvalue weighted by Gasteiger charge is 2.36. The minimum absolute atomic E-state index is 0.485. The summed E-state index contributed by atoms with van der Waals surface area (Å²) in [5.41, 5.74) is -0.956. The zero-order valence-corrected chi connectivity index (χ0v) is 8.68. The molecule has 0 saturated heterocycles. The number of hydrogen-bond acceptors (Lipinski definition) is 2. The Morgan fingerprint density at radius 2 is 1.58 bits per heavy atom. The van der Waals surface area contributed by atoms with E-state index in [4.69, 9.17) is 0 Å². The maximum atomic E-state index is 9.81. The van der Waals surface area contributed by atoms with Crippen LogP contribution in [-0.4, -0.2) is 21.4 Å². The van der Waals surface area contributed by atoms with Crippen molar-refractivity contribution in [2.24, 2.45) is 0 Å². The van der Waals surface area contributed by atoms with Crippen LogP contribution in [0.5, 0.6) is 0 Å². The Hall–Kier alpha value is -0.340. The normalized spacial score (nSPS) is 16.9. The summed E-state index contributed by atoms with van der Waals surface area (Å²) in [6.45, 7) is 8.82. The first-order valence-electron chi connectivity index (χ1n) is 4.25. The van der Waals surface area contributed by atoms with E-state index >= 15 is 0 Å². The molecule has 2 heteroatoms. The van der Waals surface area contributed by atoms with Gasteiger partial charge in [0.15, 0.2) is 0 Å². The minimum Gasteiger partial charge on any atom is -0.387 e. The van der Waals surface area contributed by atoms with Crippen molar-refractivity contribution >= 4 is 0 Å². The van der Waals surface area contributed by atoms with E-state index in [1.807, 2.05) is 19.9 Å². The van der Waals surface area contributed by atoms with Crippen LogP contribution in [0.3, 0.4) is 0 Å². The topological polar surface area (TPSA) is 40.5 Å². The molecule has 0 aliphatic heterocycles. The standard InChI is InChI=1S/C10H20O2/c1-8(2)6-7-10(5,12)9(3,4)11/h6,11-12H,7H2,1-5H3. The van der Waals surface area contributed by atoms with Crippen LogP contribution in [-0.2, 0) is 0 Å². The van der Waals surface area contributed by atoms with Crippen LogP contribution < -0.4 is 0 Å². The van der Waals surface area contributed by atoms with Gasteiger partial charge >= 0.3 is 0 Å². The molecule has 0 fully saturated rings. The van der Waals surface area contributed by atoms with Crippen LogP contribution >= 0.6 is 0 Å². The molecule has 0 aromatic carbocycles. The Kier molecular flexibility index (Phi) is 3.48. The highest BCUT2D eigenvalue weighted by Crippen LogP contribution is 2.25. The third kappa shape index (κ3) is 3.37. The molecule has 0 amide bonds. The molecular formula is C10H20O2. The van der Waals surface area contributed by atoms with Gasteiger partial charge in [0.05, 0.1) is 11.2 Å². The second kappa shape index (κ2) is 3.58. The average molecular weight is 172 g/mol. The summed E-state index contributed by atoms with van der Waals surface area (Å²) in [6, 6.07) is 0. The lowest BCUT2D eigenvalue weighted by Gasteiger charge is -2.34. The van der Waals surface area contributed by atoms with Crippen molar-refractivity contribution in [3.05, 3.63) is 11.6 Å². The molecule has 0 spiro atoms. The van der Waals surface area contributed by atoms with Crippen LogP contribution in [0.25, 0.3) is 0 Å². The second-order valence-electron chi connectivity index (χ2n) is 4.32. The molecule has 0 bridgehead atoms. The van der Waals surface area contributed by atoms with Gasteiger partial charge in [-0.1, -0.05) is 11.6 Å². The third-order valence-corrected chi connectivity index (χ3v) is 2.23. The molecular weight excluding hydrogens is 152 g/mol. The average Bonchev–Trinajstić information content (AvgIpc) is 1.81. The van der Waals surface area contributed by atoms with Crippen molar-refractivity contribution in [1.82, 2.24) is 0 Å². The first kappa shape index (κ1) is 11.7. The number of hydrogen-bond donors (Lipinski definition) is 2. The molecule has 72 valence electrons. The van der Waals surface area contributed by atoms with E-state index in [-0.39, 0.29) is 0 Å². The van der Waals surface area contributed by atoms with E-state index in [0.29, 0.717) is 6.42 Å². The van der Waals surface area contributed by atoms with Crippen LogP contribution in [0.15, 0.2) is 11.6 Å². The summed E-state index contributed by atoms with van der Waals surface area (Å²) in [5.74, 6) is 0. The van der Waals surface area contributed by atoms with E-state index in [2.05, 4.69) is 0 Å². The van der Waals surface area contributed by atoms with Crippen molar-refractivity contribution in [3.8, 4) is 0 Å². The van der Waals surface area contributed by atoms with Gasteiger partial charge in [-0.2, -0.15) is 0 Å². The fourth-order valence-corrected chi connectivity index (χ4v) is 0.653. The molecule has 0 aromatic heterocycles. The molecule has 0 heterocycles. The largest absolute Gasteiger partial charge is 0.387 e. The van der Waals surface area contributed by atoms with Gasteiger partial charge in [0.25, 0.3) is 0 Å². The molecule has 0 radical (unpaired) electrons. The van der Waals surface area contributed by atoms with Gasteiger partial charge in [0, 0.05) is 0 Å². The Morgan fingerprint density at radius 3 is 1.83 bits per heavy atom. The quantitative estimate of drug-likeness (QED) is 0.638. The van der Waals surface area contributed by atoms with Gasteiger partial charge in [-0.3, -0.25) is 0 Å². The van der Waals surface area contributed by atoms with Crippen LogP contribution in [0.1, 0.15) is 41.0 Å². The molecule has 2 nitrogen and oxygen atoms in total. The minimum atomic E-state index is -1.06. The summed E-state index contributed by atoms with van der Waals surface area (Å²) in [7, 11) is 0. The van der Waals surface area contributed by atoms with Gasteiger partial charge in [-0.25, -0.2) is 0 Å². The van der Waals surface area contributed by atoms with Crippen LogP contribution in [0, 0.1) is 0 Å². The lowest BCUT2D eigenvalue weighted by Crippen LogP contribution is -2.47. The molecule has 0 rings (SSSR count). The third-order valence-electron chi connectivity index (χ3n) is 2.23. The van der Waals surface area contributed by atoms with Crippen molar-refractivity contribution < 1.29 is 10.2 Å². The Morgan fingerprint density at radius 1 is 1.17 bits per heavy atom. The lowest BCUT2D eigenvalue weighted by molar-refractivity contribution is -0.117. The summed E-state index contributed by atoms with van der Waals surface area (Å²) in [4.78, 5) is 0. The van der Waals surface area contributed by atoms with E-state index in [0.717, 1.165) is 5.57 Å². The summed E-state index contributed by atoms with van der Waals surface area (Å²) >= 11 is 0. The number of rotatable bonds is 3. The fraction of sp³-hybridized carbons (Fsp3) is 0.800. The van der Waals surface area contributed by atoms with Crippen molar-refractivity contribution in [2.75, 3.05) is 0 Å². The Balaban J connectivity index is 4.34. The zero-order chi connectivity index (χ0) is 9.99. The first-order valence-corrected chi connectivity index (χ1v) is 4.25. The van der Waals surface area contributed by atoms with Gasteiger partial charge in [-0.05, 0) is 41.0 Å². The number of aliphatic hydroxyl groups is 2. The fourth-order valence-electron chi connectivity index (χ4n) is 0.653. The second-order valence-corrected chi connectivity index (χ2v) is 4.32. The SMILES string of the molecule is CC(C)=CCC(C)(O)C(C)(C)O. The molecule has 12 heavy (non-hydrogen) atoms. The summed E-state index contributed by atoms with van der Waals surface area (Å²) in [5, 5.41) is 19.4. The monoisotopic (exact) mass is 172 g/mol. The number of allylic oxidation sites excluding steroid dienone is 1. The van der Waals surface area contributed by atoms with Gasteiger partial charge < -0.3 is 10.2 Å². The van der Waals surface area contributed by atoms with E-state index in [9.17, 15) is 10.2 Å². The lowest BCUT2D eigenvalue weighted by atomic mass is 9.84. The summed E-state index contributed by atoms with van der Waals surface area (Å²) < 4.78 is 0. The molecule has 2 N–H and O–H groups in total. The van der Waals surface area contributed by atoms with E-state index in [1.54, 1.807) is 20.8 Å². The van der Waals surface area contributed by atoms with Gasteiger partial charge in [0.1, 0.15) is 0 Å². The van der Waals surface area contributed by atoms with Gasteiger partial charge in [-0.15, -0.1) is 0 Å². The molecule has 1 atom stereocenters. The Bertz CT molecular complexity index is 169. The Labute approximate surface area is 74.9 Å². The highest BCUT2D eigenvalue weighted by molar-refractivity contribution is 5.01. The molecule has 0 aliphatic carbocycles. The summed E-state index contributed by atoms with van der Waals surface area (Å²) in [6.07, 6.45) is 2.41. The molecule has 0 saturated carbocycles. The molecule has 1 unspecified atom stereocenters. The maximum absolute atomic E-state index is 9.81. The first-order chi connectivity index (χ1) is 5.17. The highest BCUT2D eigenvalue weighted by atomic mass is 16.3. The predicted molar refractivity (Wildman–Crippen MR) is 51.0 cm³/mol. The van der Waals surface area contributed by atoms with Crippen molar-refractivity contribution in [1.29, 1.82) is 0 Å². The van der Waals surface area contributed by atoms with Crippen LogP contribution in [0.4, 0.5) is 0 Å².